The third-order valence-corrected chi connectivity index (χ3v) is 4.67. The Balaban J connectivity index is 1.74. The van der Waals surface area contributed by atoms with Gasteiger partial charge in [-0.05, 0) is 48.4 Å². The predicted octanol–water partition coefficient (Wildman–Crippen LogP) is 5.65. The second-order valence-electron chi connectivity index (χ2n) is 6.67. The van der Waals surface area contributed by atoms with Crippen molar-refractivity contribution in [3.05, 3.63) is 64.3 Å². The first-order valence-electron chi connectivity index (χ1n) is 9.70. The summed E-state index contributed by atoms with van der Waals surface area (Å²) in [7, 11) is 1.59. The number of methoxy groups -OCH3 is 1. The maximum Gasteiger partial charge on any atom is 0.363 e. The first kappa shape index (κ1) is 20.9. The number of hydrogen-bond donors (Lipinski definition) is 0. The number of halogens is 1. The number of aliphatic imine (C=N–C) groups is 1. The molecule has 1 aliphatic rings. The topological polar surface area (TPSA) is 57.1 Å². The number of ether oxygens (including phenoxy) is 3. The van der Waals surface area contributed by atoms with Crippen molar-refractivity contribution in [1.82, 2.24) is 0 Å². The van der Waals surface area contributed by atoms with E-state index >= 15 is 0 Å². The molecule has 0 atom stereocenters. The van der Waals surface area contributed by atoms with Crippen LogP contribution in [-0.2, 0) is 9.53 Å². The summed E-state index contributed by atoms with van der Waals surface area (Å²) in [4.78, 5) is 16.5. The van der Waals surface area contributed by atoms with Crippen molar-refractivity contribution in [1.29, 1.82) is 0 Å². The van der Waals surface area contributed by atoms with Crippen molar-refractivity contribution in [3.8, 4) is 11.5 Å². The molecule has 152 valence electrons. The van der Waals surface area contributed by atoms with Gasteiger partial charge in [-0.15, -0.1) is 0 Å². The van der Waals surface area contributed by atoms with Crippen LogP contribution in [0.2, 0.25) is 5.02 Å². The fourth-order valence-corrected chi connectivity index (χ4v) is 3.11. The maximum atomic E-state index is 12.2. The fourth-order valence-electron chi connectivity index (χ4n) is 2.92. The number of benzene rings is 2. The van der Waals surface area contributed by atoms with Crippen LogP contribution in [0.15, 0.2) is 53.2 Å². The van der Waals surface area contributed by atoms with Crippen LogP contribution in [-0.4, -0.2) is 25.6 Å². The number of cyclic esters (lactones) is 1. The second kappa shape index (κ2) is 10.1. The first-order chi connectivity index (χ1) is 14.1. The molecule has 0 N–H and O–H groups in total. The number of carbonyl (C=O) groups is 1. The number of hydrogen-bond acceptors (Lipinski definition) is 5. The van der Waals surface area contributed by atoms with Crippen LogP contribution in [0.5, 0.6) is 11.5 Å². The molecule has 0 saturated carbocycles. The Morgan fingerprint density at radius 3 is 2.72 bits per heavy atom. The molecule has 0 radical (unpaired) electrons. The van der Waals surface area contributed by atoms with E-state index in [9.17, 15) is 4.79 Å². The van der Waals surface area contributed by atoms with Crippen LogP contribution in [0.1, 0.15) is 43.7 Å². The number of carbonyl (C=O) groups excluding carboxylic acids is 1. The van der Waals surface area contributed by atoms with Gasteiger partial charge in [0.1, 0.15) is 0 Å². The molecule has 1 heterocycles. The Kier molecular flexibility index (Phi) is 7.30. The number of unbranched alkanes of at least 4 members (excludes halogenated alkanes) is 3. The highest BCUT2D eigenvalue weighted by atomic mass is 35.5. The van der Waals surface area contributed by atoms with Gasteiger partial charge < -0.3 is 14.2 Å². The van der Waals surface area contributed by atoms with Crippen LogP contribution >= 0.6 is 11.6 Å². The molecule has 2 aromatic carbocycles. The van der Waals surface area contributed by atoms with Crippen molar-refractivity contribution in [2.75, 3.05) is 13.7 Å². The highest BCUT2D eigenvalue weighted by molar-refractivity contribution is 6.31. The van der Waals surface area contributed by atoms with Crippen molar-refractivity contribution in [2.24, 2.45) is 4.99 Å². The zero-order valence-electron chi connectivity index (χ0n) is 16.6. The smallest absolute Gasteiger partial charge is 0.363 e. The van der Waals surface area contributed by atoms with Gasteiger partial charge in [-0.3, -0.25) is 0 Å². The zero-order valence-corrected chi connectivity index (χ0v) is 17.4. The fraction of sp³-hybridized carbons (Fsp3) is 0.304. The number of nitrogens with zero attached hydrogens (tertiary/aromatic N) is 1. The van der Waals surface area contributed by atoms with Gasteiger partial charge in [0.2, 0.25) is 5.90 Å². The molecule has 29 heavy (non-hydrogen) atoms. The van der Waals surface area contributed by atoms with E-state index in [-0.39, 0.29) is 11.6 Å². The molecule has 6 heteroatoms. The third-order valence-electron chi connectivity index (χ3n) is 4.44. The summed E-state index contributed by atoms with van der Waals surface area (Å²) in [6, 6.07) is 12.5. The molecular formula is C23H24ClNO4. The van der Waals surface area contributed by atoms with E-state index in [0.717, 1.165) is 18.4 Å². The van der Waals surface area contributed by atoms with Crippen LogP contribution in [0.25, 0.3) is 6.08 Å². The van der Waals surface area contributed by atoms with E-state index in [1.807, 2.05) is 18.2 Å². The molecule has 0 aromatic heterocycles. The zero-order chi connectivity index (χ0) is 20.6. The minimum Gasteiger partial charge on any atom is -0.493 e. The Morgan fingerprint density at radius 2 is 1.97 bits per heavy atom. The lowest BCUT2D eigenvalue weighted by Crippen LogP contribution is -2.05. The summed E-state index contributed by atoms with van der Waals surface area (Å²) >= 11 is 6.00. The van der Waals surface area contributed by atoms with E-state index in [2.05, 4.69) is 11.9 Å². The minimum atomic E-state index is -0.504. The van der Waals surface area contributed by atoms with Gasteiger partial charge in [0.05, 0.1) is 13.7 Å². The minimum absolute atomic E-state index is 0.218. The van der Waals surface area contributed by atoms with E-state index in [4.69, 9.17) is 25.8 Å². The average Bonchev–Trinajstić information content (AvgIpc) is 3.09. The monoisotopic (exact) mass is 413 g/mol. The molecule has 0 aliphatic carbocycles. The summed E-state index contributed by atoms with van der Waals surface area (Å²) in [5.41, 5.74) is 1.64. The average molecular weight is 414 g/mol. The normalized spacial score (nSPS) is 14.7. The van der Waals surface area contributed by atoms with E-state index in [1.165, 1.54) is 12.8 Å². The van der Waals surface area contributed by atoms with Gasteiger partial charge in [0.25, 0.3) is 0 Å². The Labute approximate surface area is 176 Å². The molecule has 0 bridgehead atoms. The van der Waals surface area contributed by atoms with E-state index < -0.39 is 5.97 Å². The summed E-state index contributed by atoms with van der Waals surface area (Å²) in [6.07, 6.45) is 6.22. The Bertz CT molecular complexity index is 936. The summed E-state index contributed by atoms with van der Waals surface area (Å²) < 4.78 is 16.5. The number of esters is 1. The van der Waals surface area contributed by atoms with E-state index in [0.29, 0.717) is 28.7 Å². The SMILES string of the molecule is CCCCCCOc1ccc(C=C2N=C(c3cccc(Cl)c3)OC2=O)cc1OC. The van der Waals surface area contributed by atoms with Crippen LogP contribution in [0, 0.1) is 0 Å². The van der Waals surface area contributed by atoms with Crippen LogP contribution < -0.4 is 9.47 Å². The first-order valence-corrected chi connectivity index (χ1v) is 10.1. The van der Waals surface area contributed by atoms with Gasteiger partial charge in [0, 0.05) is 10.6 Å². The Morgan fingerprint density at radius 1 is 1.10 bits per heavy atom. The van der Waals surface area contributed by atoms with Crippen molar-refractivity contribution in [2.45, 2.75) is 32.6 Å². The molecule has 3 rings (SSSR count). The molecule has 0 amide bonds. The number of rotatable bonds is 9. The van der Waals surface area contributed by atoms with Gasteiger partial charge in [-0.1, -0.05) is 49.9 Å². The van der Waals surface area contributed by atoms with Crippen LogP contribution in [0.4, 0.5) is 0 Å². The molecule has 5 nitrogen and oxygen atoms in total. The van der Waals surface area contributed by atoms with Gasteiger partial charge in [-0.2, -0.15) is 0 Å². The van der Waals surface area contributed by atoms with Gasteiger partial charge in [0.15, 0.2) is 17.2 Å². The third kappa shape index (κ3) is 5.61. The van der Waals surface area contributed by atoms with Crippen molar-refractivity contribution >= 4 is 29.5 Å². The second-order valence-corrected chi connectivity index (χ2v) is 7.10. The molecule has 1 aliphatic heterocycles. The quantitative estimate of drug-likeness (QED) is 0.302. The van der Waals surface area contributed by atoms with Crippen molar-refractivity contribution in [3.63, 3.8) is 0 Å². The van der Waals surface area contributed by atoms with Crippen molar-refractivity contribution < 1.29 is 19.0 Å². The molecule has 0 fully saturated rings. The predicted molar refractivity (Wildman–Crippen MR) is 115 cm³/mol. The largest absolute Gasteiger partial charge is 0.493 e. The van der Waals surface area contributed by atoms with Gasteiger partial charge >= 0.3 is 5.97 Å². The standard InChI is InChI=1S/C23H24ClNO4/c1-3-4-5-6-12-28-20-11-10-16(14-21(20)27-2)13-19-23(26)29-22(25-19)17-8-7-9-18(24)15-17/h7-11,13-15H,3-6,12H2,1-2H3. The highest BCUT2D eigenvalue weighted by Gasteiger charge is 2.24. The van der Waals surface area contributed by atoms with E-state index in [1.54, 1.807) is 37.5 Å². The Hall–Kier alpha value is -2.79. The molecule has 2 aromatic rings. The summed E-state index contributed by atoms with van der Waals surface area (Å²) in [5.74, 6) is 1.03. The molecule has 0 spiro atoms. The molecule has 0 saturated heterocycles. The molecule has 0 unspecified atom stereocenters. The van der Waals surface area contributed by atoms with Gasteiger partial charge in [-0.25, -0.2) is 9.79 Å². The summed E-state index contributed by atoms with van der Waals surface area (Å²) in [5, 5.41) is 0.550. The van der Waals surface area contributed by atoms with Crippen LogP contribution in [0.3, 0.4) is 0 Å². The maximum absolute atomic E-state index is 12.2. The lowest BCUT2D eigenvalue weighted by molar-refractivity contribution is -0.129. The lowest BCUT2D eigenvalue weighted by atomic mass is 10.1. The highest BCUT2D eigenvalue weighted by Crippen LogP contribution is 2.30. The summed E-state index contributed by atoms with van der Waals surface area (Å²) in [6.45, 7) is 2.83. The lowest BCUT2D eigenvalue weighted by Gasteiger charge is -2.11. The molecular weight excluding hydrogens is 390 g/mol.